The summed E-state index contributed by atoms with van der Waals surface area (Å²) in [4.78, 5) is 4.38. The number of para-hydroxylation sites is 2. The molecule has 2 aromatic rings. The van der Waals surface area contributed by atoms with Crippen molar-refractivity contribution < 1.29 is 9.47 Å². The van der Waals surface area contributed by atoms with E-state index in [0.717, 1.165) is 16.7 Å². The van der Waals surface area contributed by atoms with E-state index in [9.17, 15) is 0 Å². The fourth-order valence-corrected chi connectivity index (χ4v) is 2.49. The highest BCUT2D eigenvalue weighted by molar-refractivity contribution is 5.80. The van der Waals surface area contributed by atoms with Gasteiger partial charge < -0.3 is 9.47 Å². The van der Waals surface area contributed by atoms with Gasteiger partial charge in [0, 0.05) is 12.7 Å². The number of benzene rings is 1. The molecule has 1 aromatic carbocycles. The van der Waals surface area contributed by atoms with Gasteiger partial charge in [0.05, 0.1) is 22.8 Å². The highest BCUT2D eigenvalue weighted by Gasteiger charge is 2.29. The van der Waals surface area contributed by atoms with Crippen LogP contribution < -0.4 is 0 Å². The summed E-state index contributed by atoms with van der Waals surface area (Å²) in [5.41, 5.74) is 1.83. The number of nitrogens with zero attached hydrogens (tertiary/aromatic N) is 3. The van der Waals surface area contributed by atoms with E-state index < -0.39 is 5.60 Å². The molecule has 0 radical (unpaired) electrons. The van der Waals surface area contributed by atoms with Crippen molar-refractivity contribution in [2.75, 3.05) is 6.61 Å². The number of rotatable bonds is 6. The molecule has 1 unspecified atom stereocenters. The Morgan fingerprint density at radius 2 is 2.18 bits per heavy atom. The summed E-state index contributed by atoms with van der Waals surface area (Å²) in [7, 11) is 0. The lowest BCUT2D eigenvalue weighted by molar-refractivity contribution is -0.170. The molecule has 0 amide bonds. The summed E-state index contributed by atoms with van der Waals surface area (Å²) in [5, 5.41) is 9.16. The third-order valence-electron chi connectivity index (χ3n) is 3.39. The molecule has 1 heterocycles. The highest BCUT2D eigenvalue weighted by atomic mass is 16.7. The average molecular weight is 299 g/mol. The quantitative estimate of drug-likeness (QED) is 0.604. The van der Waals surface area contributed by atoms with Gasteiger partial charge in [-0.1, -0.05) is 12.1 Å². The van der Waals surface area contributed by atoms with Gasteiger partial charge in [-0.15, -0.1) is 0 Å². The maximum absolute atomic E-state index is 9.16. The number of hydrogen-bond donors (Lipinski definition) is 0. The lowest BCUT2D eigenvalue weighted by Gasteiger charge is -2.31. The van der Waals surface area contributed by atoms with Crippen molar-refractivity contribution in [2.24, 2.45) is 0 Å². The molecule has 0 aliphatic carbocycles. The van der Waals surface area contributed by atoms with Crippen LogP contribution in [0.1, 0.15) is 27.7 Å². The van der Waals surface area contributed by atoms with Crippen LogP contribution in [0, 0.1) is 11.3 Å². The van der Waals surface area contributed by atoms with Gasteiger partial charge >= 0.3 is 0 Å². The van der Waals surface area contributed by atoms with Crippen molar-refractivity contribution in [3.05, 3.63) is 36.7 Å². The third-order valence-corrected chi connectivity index (χ3v) is 3.39. The van der Waals surface area contributed by atoms with E-state index in [4.69, 9.17) is 14.7 Å². The number of ether oxygens (including phenoxy) is 2. The van der Waals surface area contributed by atoms with Crippen molar-refractivity contribution in [1.82, 2.24) is 9.55 Å². The first-order valence-electron chi connectivity index (χ1n) is 7.31. The monoisotopic (exact) mass is 299 g/mol. The molecule has 5 nitrogen and oxygen atoms in total. The maximum Gasteiger partial charge on any atom is 0.156 e. The average Bonchev–Trinajstić information content (AvgIpc) is 2.88. The molecule has 2 rings (SSSR count). The van der Waals surface area contributed by atoms with Crippen LogP contribution in [0.2, 0.25) is 0 Å². The second-order valence-electron chi connectivity index (χ2n) is 5.41. The van der Waals surface area contributed by atoms with Crippen LogP contribution >= 0.6 is 0 Å². The molecule has 0 spiro atoms. The number of aromatic nitrogens is 2. The van der Waals surface area contributed by atoms with Crippen molar-refractivity contribution in [2.45, 2.75) is 39.6 Å². The van der Waals surface area contributed by atoms with E-state index in [1.54, 1.807) is 6.33 Å². The summed E-state index contributed by atoms with van der Waals surface area (Å²) in [6.07, 6.45) is 2.84. The van der Waals surface area contributed by atoms with E-state index in [1.807, 2.05) is 56.5 Å². The Hall–Kier alpha value is -2.16. The van der Waals surface area contributed by atoms with Crippen LogP contribution in [0.25, 0.3) is 16.7 Å². The highest BCUT2D eigenvalue weighted by Crippen LogP contribution is 2.29. The zero-order valence-corrected chi connectivity index (χ0v) is 13.4. The zero-order valence-electron chi connectivity index (χ0n) is 13.4. The van der Waals surface area contributed by atoms with Crippen molar-refractivity contribution in [1.29, 1.82) is 5.26 Å². The molecule has 1 aromatic heterocycles. The van der Waals surface area contributed by atoms with E-state index in [2.05, 4.69) is 11.1 Å². The van der Waals surface area contributed by atoms with Gasteiger partial charge in [-0.3, -0.25) is 4.57 Å². The van der Waals surface area contributed by atoms with Crippen LogP contribution in [-0.4, -0.2) is 28.0 Å². The van der Waals surface area contributed by atoms with Gasteiger partial charge in [-0.25, -0.2) is 4.98 Å². The van der Waals surface area contributed by atoms with Crippen LogP contribution in [0.3, 0.4) is 0 Å². The number of fused-ring (bicyclic) bond motifs is 1. The molecule has 0 fully saturated rings. The Morgan fingerprint density at radius 3 is 2.86 bits per heavy atom. The van der Waals surface area contributed by atoms with Crippen LogP contribution in [0.15, 0.2) is 36.7 Å². The topological polar surface area (TPSA) is 60.1 Å². The lowest BCUT2D eigenvalue weighted by atomic mass is 10.0. The van der Waals surface area contributed by atoms with Crippen molar-refractivity contribution >= 4 is 16.7 Å². The second-order valence-corrected chi connectivity index (χ2v) is 5.41. The minimum atomic E-state index is -0.701. The number of allylic oxidation sites excluding steroid dienone is 1. The number of imidazole rings is 1. The van der Waals surface area contributed by atoms with E-state index in [0.29, 0.717) is 6.61 Å². The number of nitriles is 1. The SMILES string of the molecule is CCOC(C)OC(C)(C)/C(=C/C#N)n1cnc2ccccc21. The Bertz CT molecular complexity index is 710. The predicted octanol–water partition coefficient (Wildman–Crippen LogP) is 3.58. The van der Waals surface area contributed by atoms with E-state index in [-0.39, 0.29) is 6.29 Å². The minimum absolute atomic E-state index is 0.364. The van der Waals surface area contributed by atoms with Gasteiger partial charge in [-0.05, 0) is 39.8 Å². The van der Waals surface area contributed by atoms with Crippen molar-refractivity contribution in [3.63, 3.8) is 0 Å². The first-order chi connectivity index (χ1) is 10.5. The first-order valence-corrected chi connectivity index (χ1v) is 7.31. The Kier molecular flexibility index (Phi) is 4.96. The van der Waals surface area contributed by atoms with Crippen molar-refractivity contribution in [3.8, 4) is 6.07 Å². The second kappa shape index (κ2) is 6.73. The normalized spacial score (nSPS) is 14.0. The summed E-state index contributed by atoms with van der Waals surface area (Å²) in [5.74, 6) is 0. The zero-order chi connectivity index (χ0) is 16.2. The van der Waals surface area contributed by atoms with Gasteiger partial charge in [0.1, 0.15) is 11.9 Å². The third kappa shape index (κ3) is 3.35. The molecule has 0 saturated carbocycles. The van der Waals surface area contributed by atoms with Gasteiger partial charge in [0.2, 0.25) is 0 Å². The standard InChI is InChI=1S/C17H21N3O2/c1-5-21-13(2)22-17(3,4)16(10-11-18)20-12-19-14-8-6-7-9-15(14)20/h6-10,12-13H,5H2,1-4H3/b16-10-. The molecule has 1 atom stereocenters. The largest absolute Gasteiger partial charge is 0.353 e. The maximum atomic E-state index is 9.16. The van der Waals surface area contributed by atoms with Gasteiger partial charge in [0.25, 0.3) is 0 Å². The Labute approximate surface area is 130 Å². The minimum Gasteiger partial charge on any atom is -0.353 e. The summed E-state index contributed by atoms with van der Waals surface area (Å²) >= 11 is 0. The predicted molar refractivity (Wildman–Crippen MR) is 85.9 cm³/mol. The molecule has 0 N–H and O–H groups in total. The van der Waals surface area contributed by atoms with Gasteiger partial charge in [-0.2, -0.15) is 5.26 Å². The van der Waals surface area contributed by atoms with Crippen LogP contribution in [-0.2, 0) is 9.47 Å². The smallest absolute Gasteiger partial charge is 0.156 e. The summed E-state index contributed by atoms with van der Waals surface area (Å²) in [6, 6.07) is 9.89. The molecule has 0 aliphatic rings. The Morgan fingerprint density at radius 1 is 1.45 bits per heavy atom. The fraction of sp³-hybridized carbons (Fsp3) is 0.412. The Balaban J connectivity index is 2.42. The van der Waals surface area contributed by atoms with E-state index >= 15 is 0 Å². The summed E-state index contributed by atoms with van der Waals surface area (Å²) in [6.45, 7) is 8.17. The fourth-order valence-electron chi connectivity index (χ4n) is 2.49. The lowest BCUT2D eigenvalue weighted by Crippen LogP contribution is -2.34. The van der Waals surface area contributed by atoms with E-state index in [1.165, 1.54) is 6.08 Å². The number of hydrogen-bond acceptors (Lipinski definition) is 4. The van der Waals surface area contributed by atoms with Gasteiger partial charge in [0.15, 0.2) is 6.29 Å². The molecule has 5 heteroatoms. The molecule has 0 aliphatic heterocycles. The van der Waals surface area contributed by atoms with Crippen LogP contribution in [0.5, 0.6) is 0 Å². The molecular weight excluding hydrogens is 278 g/mol. The molecule has 22 heavy (non-hydrogen) atoms. The molecule has 0 saturated heterocycles. The summed E-state index contributed by atoms with van der Waals surface area (Å²) < 4.78 is 13.3. The molecule has 0 bridgehead atoms. The molecular formula is C17H21N3O2. The first kappa shape index (κ1) is 16.2. The van der Waals surface area contributed by atoms with Crippen LogP contribution in [0.4, 0.5) is 0 Å². The molecule has 116 valence electrons.